The van der Waals surface area contributed by atoms with Gasteiger partial charge in [0, 0.05) is 38.0 Å². The highest BCUT2D eigenvalue weighted by Crippen LogP contribution is 2.42. The molecule has 4 rings (SSSR count). The Kier molecular flexibility index (Phi) is 6.95. The molecule has 1 spiro atoms. The van der Waals surface area contributed by atoms with Crippen LogP contribution in [0.1, 0.15) is 28.8 Å². The molecule has 1 N–H and O–H groups in total. The summed E-state index contributed by atoms with van der Waals surface area (Å²) in [6.07, 6.45) is 1.03. The number of carboxylic acid groups (broad SMARTS) is 1. The van der Waals surface area contributed by atoms with Gasteiger partial charge in [0.1, 0.15) is 5.72 Å². The van der Waals surface area contributed by atoms with Crippen molar-refractivity contribution in [3.05, 3.63) is 53.6 Å². The van der Waals surface area contributed by atoms with Crippen molar-refractivity contribution in [2.75, 3.05) is 41.0 Å². The molecule has 2 saturated heterocycles. The Balaban J connectivity index is 1.61. The average Bonchev–Trinajstić information content (AvgIpc) is 3.23. The minimum Gasteiger partial charge on any atom is -0.493 e. The molecule has 9 nitrogen and oxygen atoms in total. The number of hydrogen-bond donors (Lipinski definition) is 1. The highest BCUT2D eigenvalue weighted by atomic mass is 16.5. The number of benzene rings is 2. The molecule has 1 unspecified atom stereocenters. The predicted octanol–water partition coefficient (Wildman–Crippen LogP) is 2.63. The highest BCUT2D eigenvalue weighted by molar-refractivity contribution is 5.98. The molecule has 2 aliphatic rings. The van der Waals surface area contributed by atoms with Gasteiger partial charge in [0.05, 0.1) is 27.9 Å². The number of carbonyl (C=O) groups is 2. The van der Waals surface area contributed by atoms with Crippen LogP contribution >= 0.6 is 0 Å². The molecule has 0 aromatic heterocycles. The highest BCUT2D eigenvalue weighted by Gasteiger charge is 2.54. The third-order valence-corrected chi connectivity index (χ3v) is 6.56. The fourth-order valence-corrected chi connectivity index (χ4v) is 4.80. The van der Waals surface area contributed by atoms with Crippen LogP contribution < -0.4 is 14.2 Å². The number of carbonyl (C=O) groups excluding carboxylic acids is 1. The number of methoxy groups -OCH3 is 3. The lowest BCUT2D eigenvalue weighted by Crippen LogP contribution is -2.58. The fourth-order valence-electron chi connectivity index (χ4n) is 4.80. The summed E-state index contributed by atoms with van der Waals surface area (Å²) < 4.78 is 22.2. The second kappa shape index (κ2) is 9.90. The van der Waals surface area contributed by atoms with Gasteiger partial charge in [-0.3, -0.25) is 14.6 Å². The first kappa shape index (κ1) is 23.8. The van der Waals surface area contributed by atoms with Crippen LogP contribution in [0.25, 0.3) is 0 Å². The number of carboxylic acids is 1. The average molecular weight is 471 g/mol. The third-order valence-electron chi connectivity index (χ3n) is 6.56. The van der Waals surface area contributed by atoms with Gasteiger partial charge in [-0.05, 0) is 17.7 Å². The lowest BCUT2D eigenvalue weighted by Gasteiger charge is -2.44. The maximum Gasteiger partial charge on any atom is 0.328 e. The summed E-state index contributed by atoms with van der Waals surface area (Å²) in [4.78, 5) is 29.5. The number of amides is 1. The van der Waals surface area contributed by atoms with Crippen molar-refractivity contribution in [3.8, 4) is 17.2 Å². The van der Waals surface area contributed by atoms with Gasteiger partial charge in [-0.2, -0.15) is 0 Å². The van der Waals surface area contributed by atoms with E-state index in [0.717, 1.165) is 6.54 Å². The van der Waals surface area contributed by atoms with Crippen LogP contribution in [0, 0.1) is 0 Å². The summed E-state index contributed by atoms with van der Waals surface area (Å²) in [6.45, 7) is 2.10. The first-order valence-corrected chi connectivity index (χ1v) is 11.2. The van der Waals surface area contributed by atoms with Gasteiger partial charge in [-0.15, -0.1) is 0 Å². The van der Waals surface area contributed by atoms with E-state index in [1.54, 1.807) is 12.1 Å². The molecule has 0 saturated carbocycles. The molecule has 182 valence electrons. The molecule has 2 aromatic carbocycles. The zero-order valence-corrected chi connectivity index (χ0v) is 19.7. The van der Waals surface area contributed by atoms with Gasteiger partial charge in [-0.1, -0.05) is 30.3 Å². The predicted molar refractivity (Wildman–Crippen MR) is 123 cm³/mol. The summed E-state index contributed by atoms with van der Waals surface area (Å²) in [6, 6.07) is 12.2. The Morgan fingerprint density at radius 2 is 1.65 bits per heavy atom. The van der Waals surface area contributed by atoms with Crippen molar-refractivity contribution in [1.29, 1.82) is 0 Å². The summed E-state index contributed by atoms with van der Waals surface area (Å²) in [5.74, 6) is -0.532. The minimum absolute atomic E-state index is 0.0514. The smallest absolute Gasteiger partial charge is 0.328 e. The number of aliphatic carboxylic acids is 1. The maximum atomic E-state index is 13.8. The molecule has 9 heteroatoms. The number of piperidine rings is 1. The quantitative estimate of drug-likeness (QED) is 0.660. The fraction of sp³-hybridized carbons (Fsp3) is 0.440. The first-order valence-electron chi connectivity index (χ1n) is 11.2. The molecule has 2 aromatic rings. The van der Waals surface area contributed by atoms with E-state index in [1.165, 1.54) is 31.8 Å². The van der Waals surface area contributed by atoms with Crippen LogP contribution in [0.4, 0.5) is 0 Å². The molecule has 0 radical (unpaired) electrons. The molecule has 1 amide bonds. The van der Waals surface area contributed by atoms with Crippen LogP contribution in [0.5, 0.6) is 17.2 Å². The number of ether oxygens (including phenoxy) is 4. The molecule has 2 heterocycles. The monoisotopic (exact) mass is 470 g/mol. The van der Waals surface area contributed by atoms with Gasteiger partial charge >= 0.3 is 5.97 Å². The zero-order valence-electron chi connectivity index (χ0n) is 19.7. The molecule has 2 fully saturated rings. The second-order valence-corrected chi connectivity index (χ2v) is 8.46. The molecular weight excluding hydrogens is 440 g/mol. The largest absolute Gasteiger partial charge is 0.493 e. The summed E-state index contributed by atoms with van der Waals surface area (Å²) in [7, 11) is 4.41. The van der Waals surface area contributed by atoms with Crippen LogP contribution in [-0.4, -0.2) is 79.6 Å². The maximum absolute atomic E-state index is 13.8. The summed E-state index contributed by atoms with van der Waals surface area (Å²) >= 11 is 0. The van der Waals surface area contributed by atoms with E-state index in [-0.39, 0.29) is 12.2 Å². The van der Waals surface area contributed by atoms with Crippen molar-refractivity contribution in [1.82, 2.24) is 9.80 Å². The molecule has 2 aliphatic heterocycles. The number of hydrogen-bond acceptors (Lipinski definition) is 7. The molecule has 34 heavy (non-hydrogen) atoms. The van der Waals surface area contributed by atoms with Crippen LogP contribution in [0.3, 0.4) is 0 Å². The van der Waals surface area contributed by atoms with Crippen molar-refractivity contribution in [3.63, 3.8) is 0 Å². The SMILES string of the molecule is COc1cc(C(=O)N2C(C(=O)O)COC23CCN(Cc2ccccc2)CC3)cc(OC)c1OC. The van der Waals surface area contributed by atoms with Gasteiger partial charge in [0.15, 0.2) is 17.5 Å². The van der Waals surface area contributed by atoms with E-state index in [2.05, 4.69) is 17.0 Å². The Morgan fingerprint density at radius 1 is 1.03 bits per heavy atom. The molecule has 1 atom stereocenters. The topological polar surface area (TPSA) is 97.8 Å². The van der Waals surface area contributed by atoms with E-state index in [1.807, 2.05) is 18.2 Å². The number of rotatable bonds is 7. The van der Waals surface area contributed by atoms with E-state index < -0.39 is 23.6 Å². The second-order valence-electron chi connectivity index (χ2n) is 8.46. The van der Waals surface area contributed by atoms with Crippen molar-refractivity contribution in [2.24, 2.45) is 0 Å². The summed E-state index contributed by atoms with van der Waals surface area (Å²) in [5.41, 5.74) is 0.477. The van der Waals surface area contributed by atoms with Gasteiger partial charge in [0.25, 0.3) is 5.91 Å². The Morgan fingerprint density at radius 3 is 2.18 bits per heavy atom. The first-order chi connectivity index (χ1) is 16.4. The van der Waals surface area contributed by atoms with E-state index in [4.69, 9.17) is 18.9 Å². The van der Waals surface area contributed by atoms with Crippen LogP contribution in [0.2, 0.25) is 0 Å². The van der Waals surface area contributed by atoms with E-state index >= 15 is 0 Å². The van der Waals surface area contributed by atoms with Gasteiger partial charge in [0.2, 0.25) is 5.75 Å². The van der Waals surface area contributed by atoms with Gasteiger partial charge in [-0.25, -0.2) is 4.79 Å². The minimum atomic E-state index is -1.09. The Labute approximate surface area is 198 Å². The van der Waals surface area contributed by atoms with Crippen molar-refractivity contribution >= 4 is 11.9 Å². The zero-order chi connectivity index (χ0) is 24.3. The third kappa shape index (κ3) is 4.41. The lowest BCUT2D eigenvalue weighted by molar-refractivity contribution is -0.144. The van der Waals surface area contributed by atoms with E-state index in [9.17, 15) is 14.7 Å². The van der Waals surface area contributed by atoms with Crippen molar-refractivity contribution in [2.45, 2.75) is 31.2 Å². The Hall–Kier alpha value is -3.30. The standard InChI is InChI=1S/C25H30N2O7/c1-31-20-13-18(14-21(32-2)22(20)33-3)23(28)27-19(24(29)30)16-34-25(27)9-11-26(12-10-25)15-17-7-5-4-6-8-17/h4-8,13-14,19H,9-12,15-16H2,1-3H3,(H,29,30). The Bertz CT molecular complexity index is 1010. The van der Waals surface area contributed by atoms with E-state index in [0.29, 0.717) is 43.2 Å². The molecular formula is C25H30N2O7. The molecule has 0 bridgehead atoms. The van der Waals surface area contributed by atoms with Crippen LogP contribution in [0.15, 0.2) is 42.5 Å². The normalized spacial score (nSPS) is 19.7. The van der Waals surface area contributed by atoms with Crippen LogP contribution in [-0.2, 0) is 16.1 Å². The number of nitrogens with zero attached hydrogens (tertiary/aromatic N) is 2. The van der Waals surface area contributed by atoms with Gasteiger partial charge < -0.3 is 24.1 Å². The summed E-state index contributed by atoms with van der Waals surface area (Å²) in [5, 5.41) is 9.87. The lowest BCUT2D eigenvalue weighted by atomic mass is 9.96. The molecule has 0 aliphatic carbocycles. The van der Waals surface area contributed by atoms with Crippen molar-refractivity contribution < 1.29 is 33.6 Å². The number of likely N-dealkylation sites (tertiary alicyclic amines) is 1.